The predicted octanol–water partition coefficient (Wildman–Crippen LogP) is 4.95. The maximum atomic E-state index is 6.28. The van der Waals surface area contributed by atoms with E-state index >= 15 is 0 Å². The number of hydrogen-bond donors (Lipinski definition) is 0. The molecule has 3 rings (SSSR count). The maximum Gasteiger partial charge on any atom is 0.130 e. The quantitative estimate of drug-likeness (QED) is 0.714. The molecular weight excluding hydrogens is 256 g/mol. The van der Waals surface area contributed by atoms with Crippen molar-refractivity contribution in [2.24, 2.45) is 0 Å². The third-order valence-corrected chi connectivity index (χ3v) is 3.93. The van der Waals surface area contributed by atoms with Gasteiger partial charge in [-0.1, -0.05) is 29.8 Å². The lowest BCUT2D eigenvalue weighted by Gasteiger charge is -2.15. The Bertz CT molecular complexity index is 626. The highest BCUT2D eigenvalue weighted by molar-refractivity contribution is 6.31. The van der Waals surface area contributed by atoms with Crippen molar-refractivity contribution in [2.75, 3.05) is 0 Å². The number of hydrogen-bond acceptors (Lipinski definition) is 1. The second-order valence-electron chi connectivity index (χ2n) is 5.34. The first-order valence-electron chi connectivity index (χ1n) is 6.62. The number of halogens is 1. The van der Waals surface area contributed by atoms with E-state index in [2.05, 4.69) is 39.0 Å². The van der Waals surface area contributed by atoms with Crippen molar-refractivity contribution in [1.29, 1.82) is 0 Å². The number of ether oxygens (including phenoxy) is 1. The van der Waals surface area contributed by atoms with Crippen LogP contribution in [0.15, 0.2) is 30.3 Å². The molecule has 0 fully saturated rings. The number of benzene rings is 2. The van der Waals surface area contributed by atoms with Gasteiger partial charge in [-0.3, -0.25) is 0 Å². The Morgan fingerprint density at radius 2 is 1.84 bits per heavy atom. The lowest BCUT2D eigenvalue weighted by atomic mass is 9.93. The van der Waals surface area contributed by atoms with Crippen LogP contribution < -0.4 is 4.74 Å². The summed E-state index contributed by atoms with van der Waals surface area (Å²) in [6.07, 6.45) is 1.17. The van der Waals surface area contributed by atoms with Crippen LogP contribution in [-0.4, -0.2) is 6.10 Å². The summed E-state index contributed by atoms with van der Waals surface area (Å²) in [4.78, 5) is 0. The molecule has 1 aliphatic rings. The van der Waals surface area contributed by atoms with E-state index in [0.717, 1.165) is 22.8 Å². The molecule has 0 bridgehead atoms. The minimum Gasteiger partial charge on any atom is -0.489 e. The molecule has 0 amide bonds. The summed E-state index contributed by atoms with van der Waals surface area (Å²) in [6, 6.07) is 10.4. The van der Waals surface area contributed by atoms with Crippen molar-refractivity contribution >= 4 is 11.6 Å². The maximum absolute atomic E-state index is 6.28. The zero-order valence-electron chi connectivity index (χ0n) is 11.5. The fourth-order valence-electron chi connectivity index (χ4n) is 2.92. The van der Waals surface area contributed by atoms with E-state index in [1.807, 2.05) is 12.1 Å². The first-order chi connectivity index (χ1) is 9.06. The molecule has 0 N–H and O–H groups in total. The molecule has 0 saturated carbocycles. The van der Waals surface area contributed by atoms with Gasteiger partial charge in [-0.15, -0.1) is 0 Å². The van der Waals surface area contributed by atoms with Gasteiger partial charge < -0.3 is 4.74 Å². The molecule has 1 aliphatic heterocycles. The van der Waals surface area contributed by atoms with E-state index in [4.69, 9.17) is 16.3 Å². The van der Waals surface area contributed by atoms with E-state index in [1.165, 1.54) is 22.3 Å². The third kappa shape index (κ3) is 2.12. The van der Waals surface area contributed by atoms with Gasteiger partial charge in [0.1, 0.15) is 11.9 Å². The van der Waals surface area contributed by atoms with Crippen LogP contribution in [0.1, 0.15) is 23.6 Å². The topological polar surface area (TPSA) is 9.23 Å². The van der Waals surface area contributed by atoms with Crippen LogP contribution >= 0.6 is 11.6 Å². The summed E-state index contributed by atoms with van der Waals surface area (Å²) >= 11 is 6.28. The molecule has 2 aromatic rings. The Morgan fingerprint density at radius 1 is 1.16 bits per heavy atom. The van der Waals surface area contributed by atoms with Gasteiger partial charge in [0.2, 0.25) is 0 Å². The Kier molecular flexibility index (Phi) is 3.02. The van der Waals surface area contributed by atoms with Gasteiger partial charge in [-0.05, 0) is 55.2 Å². The molecule has 2 aromatic carbocycles. The van der Waals surface area contributed by atoms with E-state index in [-0.39, 0.29) is 6.10 Å². The molecule has 1 unspecified atom stereocenters. The minimum atomic E-state index is 0.233. The highest BCUT2D eigenvalue weighted by Crippen LogP contribution is 2.43. The molecule has 0 saturated heterocycles. The summed E-state index contributed by atoms with van der Waals surface area (Å²) in [7, 11) is 0. The van der Waals surface area contributed by atoms with E-state index in [9.17, 15) is 0 Å². The zero-order valence-corrected chi connectivity index (χ0v) is 12.2. The van der Waals surface area contributed by atoms with Crippen LogP contribution in [0.2, 0.25) is 5.02 Å². The summed E-state index contributed by atoms with van der Waals surface area (Å²) in [5, 5.41) is 0.786. The van der Waals surface area contributed by atoms with Crippen molar-refractivity contribution in [3.05, 3.63) is 52.0 Å². The Labute approximate surface area is 119 Å². The summed E-state index contributed by atoms with van der Waals surface area (Å²) < 4.78 is 6.00. The smallest absolute Gasteiger partial charge is 0.130 e. The van der Waals surface area contributed by atoms with Gasteiger partial charge >= 0.3 is 0 Å². The van der Waals surface area contributed by atoms with Gasteiger partial charge in [0.15, 0.2) is 0 Å². The van der Waals surface area contributed by atoms with Crippen molar-refractivity contribution in [1.82, 2.24) is 0 Å². The second-order valence-corrected chi connectivity index (χ2v) is 5.78. The minimum absolute atomic E-state index is 0.233. The normalized spacial score (nSPS) is 17.2. The molecule has 98 valence electrons. The molecule has 1 heterocycles. The van der Waals surface area contributed by atoms with Gasteiger partial charge in [0.25, 0.3) is 0 Å². The summed E-state index contributed by atoms with van der Waals surface area (Å²) in [5.74, 6) is 1.01. The van der Waals surface area contributed by atoms with Crippen molar-refractivity contribution in [3.8, 4) is 16.9 Å². The number of fused-ring (bicyclic) bond motifs is 1. The molecule has 1 atom stereocenters. The first-order valence-corrected chi connectivity index (χ1v) is 6.99. The second kappa shape index (κ2) is 4.57. The molecular formula is C17H17ClO. The van der Waals surface area contributed by atoms with Crippen LogP contribution in [0.3, 0.4) is 0 Å². The molecule has 0 aliphatic carbocycles. The van der Waals surface area contributed by atoms with Gasteiger partial charge in [-0.25, -0.2) is 0 Å². The fraction of sp³-hybridized carbons (Fsp3) is 0.294. The van der Waals surface area contributed by atoms with Gasteiger partial charge in [-0.2, -0.15) is 0 Å². The summed E-state index contributed by atoms with van der Waals surface area (Å²) in [6.45, 7) is 6.37. The monoisotopic (exact) mass is 272 g/mol. The zero-order chi connectivity index (χ0) is 13.6. The Hall–Kier alpha value is -1.47. The molecule has 1 nitrogen and oxygen atoms in total. The SMILES string of the molecule is Cc1cccc(C)c1-c1cc(Cl)cc2c1OC(C)C2. The Morgan fingerprint density at radius 3 is 2.53 bits per heavy atom. The van der Waals surface area contributed by atoms with Crippen molar-refractivity contribution in [3.63, 3.8) is 0 Å². The van der Waals surface area contributed by atoms with Gasteiger partial charge in [0.05, 0.1) is 0 Å². The number of rotatable bonds is 1. The lowest BCUT2D eigenvalue weighted by Crippen LogP contribution is -2.05. The molecule has 2 heteroatoms. The molecule has 0 spiro atoms. The highest BCUT2D eigenvalue weighted by atomic mass is 35.5. The average Bonchev–Trinajstić information content (AvgIpc) is 2.69. The van der Waals surface area contributed by atoms with Crippen LogP contribution in [0.5, 0.6) is 5.75 Å². The van der Waals surface area contributed by atoms with E-state index in [0.29, 0.717) is 0 Å². The summed E-state index contributed by atoms with van der Waals surface area (Å²) in [5.41, 5.74) is 6.11. The number of aryl methyl sites for hydroxylation is 2. The van der Waals surface area contributed by atoms with Crippen LogP contribution in [0, 0.1) is 13.8 Å². The highest BCUT2D eigenvalue weighted by Gasteiger charge is 2.24. The first kappa shape index (κ1) is 12.6. The fourth-order valence-corrected chi connectivity index (χ4v) is 3.16. The van der Waals surface area contributed by atoms with Crippen LogP contribution in [0.4, 0.5) is 0 Å². The lowest BCUT2D eigenvalue weighted by molar-refractivity contribution is 0.255. The van der Waals surface area contributed by atoms with Gasteiger partial charge in [0, 0.05) is 17.0 Å². The Balaban J connectivity index is 2.27. The standard InChI is InChI=1S/C17H17ClO/c1-10-5-4-6-11(2)16(10)15-9-14(18)8-13-7-12(3)19-17(13)15/h4-6,8-9,12H,7H2,1-3H3. The van der Waals surface area contributed by atoms with Crippen molar-refractivity contribution in [2.45, 2.75) is 33.3 Å². The molecule has 19 heavy (non-hydrogen) atoms. The predicted molar refractivity (Wildman–Crippen MR) is 80.2 cm³/mol. The third-order valence-electron chi connectivity index (χ3n) is 3.71. The van der Waals surface area contributed by atoms with E-state index in [1.54, 1.807) is 0 Å². The molecule has 0 aromatic heterocycles. The van der Waals surface area contributed by atoms with Crippen LogP contribution in [-0.2, 0) is 6.42 Å². The average molecular weight is 273 g/mol. The molecule has 0 radical (unpaired) electrons. The van der Waals surface area contributed by atoms with Crippen molar-refractivity contribution < 1.29 is 4.74 Å². The van der Waals surface area contributed by atoms with Crippen LogP contribution in [0.25, 0.3) is 11.1 Å². The largest absolute Gasteiger partial charge is 0.489 e. The van der Waals surface area contributed by atoms with E-state index < -0.39 is 0 Å².